The lowest BCUT2D eigenvalue weighted by Crippen LogP contribution is -2.27. The number of Topliss-reactive ketones (excluding diaryl/α,β-unsaturated/α-hetero) is 1. The van der Waals surface area contributed by atoms with E-state index < -0.39 is 0 Å². The van der Waals surface area contributed by atoms with E-state index in [9.17, 15) is 4.79 Å². The Morgan fingerprint density at radius 3 is 2.56 bits per heavy atom. The van der Waals surface area contributed by atoms with Gasteiger partial charge in [0.15, 0.2) is 5.78 Å². The second-order valence-corrected chi connectivity index (χ2v) is 5.21. The maximum absolute atomic E-state index is 11.7. The summed E-state index contributed by atoms with van der Waals surface area (Å²) in [5.74, 6) is 1.03. The van der Waals surface area contributed by atoms with Crippen LogP contribution in [-0.4, -0.2) is 28.8 Å². The number of rotatable bonds is 1. The van der Waals surface area contributed by atoms with Crippen LogP contribution in [0.5, 0.6) is 0 Å². The van der Waals surface area contributed by atoms with E-state index in [-0.39, 0.29) is 5.78 Å². The number of hydrogen-bond donors (Lipinski definition) is 0. The molecule has 4 nitrogen and oxygen atoms in total. The second-order valence-electron chi connectivity index (χ2n) is 5.21. The van der Waals surface area contributed by atoms with Gasteiger partial charge < -0.3 is 4.90 Å². The lowest BCUT2D eigenvalue weighted by Gasteiger charge is -2.22. The molecule has 1 fully saturated rings. The molecule has 4 heteroatoms. The van der Waals surface area contributed by atoms with Crippen LogP contribution in [0, 0.1) is 0 Å². The molecule has 0 amide bonds. The normalized spacial score (nSPS) is 20.4. The number of anilines is 1. The molecule has 0 aromatic carbocycles. The van der Waals surface area contributed by atoms with Crippen molar-refractivity contribution >= 4 is 11.7 Å². The van der Waals surface area contributed by atoms with Crippen molar-refractivity contribution < 1.29 is 4.79 Å². The third kappa shape index (κ3) is 2.24. The molecule has 18 heavy (non-hydrogen) atoms. The fraction of sp³-hybridized carbons (Fsp3) is 0.643. The molecule has 0 radical (unpaired) electrons. The molecule has 0 unspecified atom stereocenters. The van der Waals surface area contributed by atoms with Crippen molar-refractivity contribution in [1.29, 1.82) is 0 Å². The van der Waals surface area contributed by atoms with Gasteiger partial charge in [-0.25, -0.2) is 9.97 Å². The largest absolute Gasteiger partial charge is 0.341 e. The zero-order chi connectivity index (χ0) is 12.4. The molecule has 1 aromatic heterocycles. The topological polar surface area (TPSA) is 46.1 Å². The lowest BCUT2D eigenvalue weighted by atomic mass is 9.96. The molecule has 0 bridgehead atoms. The molecule has 0 N–H and O–H groups in total. The minimum atomic E-state index is 0.207. The van der Waals surface area contributed by atoms with Gasteiger partial charge in [0.1, 0.15) is 0 Å². The van der Waals surface area contributed by atoms with Gasteiger partial charge in [0, 0.05) is 25.7 Å². The van der Waals surface area contributed by atoms with Crippen molar-refractivity contribution in [2.24, 2.45) is 0 Å². The Kier molecular flexibility index (Phi) is 3.26. The number of fused-ring (bicyclic) bond motifs is 1. The Bertz CT molecular complexity index is 450. The minimum Gasteiger partial charge on any atom is -0.341 e. The Hall–Kier alpha value is -1.45. The Balaban J connectivity index is 1.86. The van der Waals surface area contributed by atoms with E-state index in [1.165, 1.54) is 25.7 Å². The number of ketones is 1. The quantitative estimate of drug-likeness (QED) is 0.762. The highest BCUT2D eigenvalue weighted by molar-refractivity contribution is 5.97. The highest BCUT2D eigenvalue weighted by Crippen LogP contribution is 2.22. The summed E-state index contributed by atoms with van der Waals surface area (Å²) < 4.78 is 0. The van der Waals surface area contributed by atoms with Crippen molar-refractivity contribution in [2.75, 3.05) is 18.0 Å². The van der Waals surface area contributed by atoms with Crippen LogP contribution in [0.15, 0.2) is 6.20 Å². The molecule has 3 rings (SSSR count). The third-order valence-electron chi connectivity index (χ3n) is 3.86. The van der Waals surface area contributed by atoms with Crippen LogP contribution in [-0.2, 0) is 6.42 Å². The van der Waals surface area contributed by atoms with Crippen molar-refractivity contribution in [1.82, 2.24) is 9.97 Å². The first-order valence-corrected chi connectivity index (χ1v) is 6.98. The van der Waals surface area contributed by atoms with Gasteiger partial charge in [-0.05, 0) is 25.7 Å². The van der Waals surface area contributed by atoms with E-state index in [1.54, 1.807) is 6.20 Å². The smallest absolute Gasteiger partial charge is 0.225 e. The van der Waals surface area contributed by atoms with Crippen LogP contribution in [0.3, 0.4) is 0 Å². The first-order chi connectivity index (χ1) is 8.84. The fourth-order valence-electron chi connectivity index (χ4n) is 2.80. The van der Waals surface area contributed by atoms with Gasteiger partial charge in [-0.1, -0.05) is 12.8 Å². The maximum atomic E-state index is 11.7. The van der Waals surface area contributed by atoms with Crippen molar-refractivity contribution in [3.63, 3.8) is 0 Å². The van der Waals surface area contributed by atoms with Crippen molar-refractivity contribution in [3.05, 3.63) is 17.5 Å². The highest BCUT2D eigenvalue weighted by Gasteiger charge is 2.21. The summed E-state index contributed by atoms with van der Waals surface area (Å²) in [6, 6.07) is 0. The summed E-state index contributed by atoms with van der Waals surface area (Å²) in [6.07, 6.45) is 9.30. The maximum Gasteiger partial charge on any atom is 0.225 e. The summed E-state index contributed by atoms with van der Waals surface area (Å²) in [5.41, 5.74) is 1.71. The molecule has 2 heterocycles. The number of hydrogen-bond acceptors (Lipinski definition) is 4. The van der Waals surface area contributed by atoms with Crippen LogP contribution in [0.1, 0.15) is 54.6 Å². The molecule has 1 aromatic rings. The monoisotopic (exact) mass is 245 g/mol. The lowest BCUT2D eigenvalue weighted by molar-refractivity contribution is 0.0971. The molecular weight excluding hydrogens is 226 g/mol. The molecule has 1 saturated heterocycles. The average molecular weight is 245 g/mol. The average Bonchev–Trinajstić information content (AvgIpc) is 2.67. The van der Waals surface area contributed by atoms with E-state index in [1.807, 2.05) is 0 Å². The summed E-state index contributed by atoms with van der Waals surface area (Å²) in [6.45, 7) is 2.10. The van der Waals surface area contributed by atoms with Crippen molar-refractivity contribution in [2.45, 2.75) is 44.9 Å². The number of aryl methyl sites for hydroxylation is 1. The first kappa shape index (κ1) is 11.6. The van der Waals surface area contributed by atoms with Crippen LogP contribution < -0.4 is 4.90 Å². The van der Waals surface area contributed by atoms with Gasteiger partial charge >= 0.3 is 0 Å². The number of nitrogens with zero attached hydrogens (tertiary/aromatic N) is 3. The van der Waals surface area contributed by atoms with Gasteiger partial charge in [-0.2, -0.15) is 0 Å². The predicted molar refractivity (Wildman–Crippen MR) is 70.0 cm³/mol. The minimum absolute atomic E-state index is 0.207. The number of carbonyl (C=O) groups is 1. The van der Waals surface area contributed by atoms with Gasteiger partial charge in [-0.3, -0.25) is 4.79 Å². The number of aromatic nitrogens is 2. The van der Waals surface area contributed by atoms with Gasteiger partial charge in [-0.15, -0.1) is 0 Å². The Morgan fingerprint density at radius 2 is 1.78 bits per heavy atom. The van der Waals surface area contributed by atoms with Crippen LogP contribution in [0.4, 0.5) is 5.95 Å². The standard InChI is InChI=1S/C14H19N3O/c18-13-7-5-6-12-11(13)10-15-14(16-12)17-8-3-1-2-4-9-17/h10H,1-9H2. The third-order valence-corrected chi connectivity index (χ3v) is 3.86. The molecule has 1 aliphatic carbocycles. The summed E-state index contributed by atoms with van der Waals surface area (Å²) in [7, 11) is 0. The fourth-order valence-corrected chi connectivity index (χ4v) is 2.80. The van der Waals surface area contributed by atoms with E-state index in [0.29, 0.717) is 6.42 Å². The van der Waals surface area contributed by atoms with Crippen molar-refractivity contribution in [3.8, 4) is 0 Å². The van der Waals surface area contributed by atoms with Crippen LogP contribution in [0.2, 0.25) is 0 Å². The molecule has 0 atom stereocenters. The SMILES string of the molecule is O=C1CCCc2nc(N3CCCCCC3)ncc21. The summed E-state index contributed by atoms with van der Waals surface area (Å²) >= 11 is 0. The van der Waals surface area contributed by atoms with E-state index in [2.05, 4.69) is 14.9 Å². The summed E-state index contributed by atoms with van der Waals surface area (Å²) in [4.78, 5) is 23.0. The van der Waals surface area contributed by atoms with E-state index in [4.69, 9.17) is 0 Å². The predicted octanol–water partition coefficient (Wildman–Crippen LogP) is 2.38. The highest BCUT2D eigenvalue weighted by atomic mass is 16.1. The van der Waals surface area contributed by atoms with Gasteiger partial charge in [0.25, 0.3) is 0 Å². The molecule has 1 aliphatic heterocycles. The molecule has 0 spiro atoms. The second kappa shape index (κ2) is 5.04. The zero-order valence-corrected chi connectivity index (χ0v) is 10.7. The van der Waals surface area contributed by atoms with E-state index >= 15 is 0 Å². The van der Waals surface area contributed by atoms with Gasteiger partial charge in [0.2, 0.25) is 5.95 Å². The zero-order valence-electron chi connectivity index (χ0n) is 10.7. The first-order valence-electron chi connectivity index (χ1n) is 6.98. The van der Waals surface area contributed by atoms with E-state index in [0.717, 1.165) is 43.1 Å². The molecule has 0 saturated carbocycles. The molecule has 96 valence electrons. The molecular formula is C14H19N3O. The number of carbonyl (C=O) groups excluding carboxylic acids is 1. The Morgan fingerprint density at radius 1 is 1.00 bits per heavy atom. The van der Waals surface area contributed by atoms with Crippen LogP contribution >= 0.6 is 0 Å². The molecule has 2 aliphatic rings. The Labute approximate surface area is 107 Å². The van der Waals surface area contributed by atoms with Gasteiger partial charge in [0.05, 0.1) is 11.3 Å². The van der Waals surface area contributed by atoms with Crippen LogP contribution in [0.25, 0.3) is 0 Å². The summed E-state index contributed by atoms with van der Waals surface area (Å²) in [5, 5.41) is 0.